The second-order valence-electron chi connectivity index (χ2n) is 2.94. The van der Waals surface area contributed by atoms with Gasteiger partial charge < -0.3 is 0 Å². The average molecular weight is 127 g/mol. The van der Waals surface area contributed by atoms with E-state index in [9.17, 15) is 5.11 Å². The maximum atomic E-state index is 11.2. The molecule has 0 fully saturated rings. The van der Waals surface area contributed by atoms with Crippen molar-refractivity contribution in [3.8, 4) is 0 Å². The van der Waals surface area contributed by atoms with Crippen molar-refractivity contribution in [1.82, 2.24) is 0 Å². The first-order valence-electron chi connectivity index (χ1n) is 3.33. The fraction of sp³-hybridized carbons (Fsp3) is 0.750. The van der Waals surface area contributed by atoms with E-state index in [0.717, 1.165) is 5.57 Å². The smallest absolute Gasteiger partial charge is 0.104 e. The van der Waals surface area contributed by atoms with Crippen LogP contribution in [0.25, 0.3) is 0 Å². The third-order valence-electron chi connectivity index (χ3n) is 1.42. The molecule has 0 aliphatic rings. The Hall–Kier alpha value is -0.300. The molecule has 0 heterocycles. The molecule has 1 radical (unpaired) electrons. The highest BCUT2D eigenvalue weighted by Gasteiger charge is 2.19. The summed E-state index contributed by atoms with van der Waals surface area (Å²) in [6.07, 6.45) is 1.28. The standard InChI is InChI=1S/C8H15O/c1-5-8(4,9)6-7(2)3/h2,5-6H2,1,3-4H3. The Kier molecular flexibility index (Phi) is 2.92. The van der Waals surface area contributed by atoms with Gasteiger partial charge in [-0.3, -0.25) is 0 Å². The molecule has 0 aromatic heterocycles. The van der Waals surface area contributed by atoms with Crippen LogP contribution in [0.2, 0.25) is 0 Å². The molecular formula is C8H15O. The van der Waals surface area contributed by atoms with Crippen molar-refractivity contribution >= 4 is 0 Å². The van der Waals surface area contributed by atoms with E-state index >= 15 is 0 Å². The molecule has 0 aliphatic heterocycles. The van der Waals surface area contributed by atoms with Gasteiger partial charge in [-0.05, 0) is 26.7 Å². The molecule has 0 amide bonds. The van der Waals surface area contributed by atoms with Crippen molar-refractivity contribution < 1.29 is 5.11 Å². The zero-order chi connectivity index (χ0) is 7.49. The van der Waals surface area contributed by atoms with E-state index in [2.05, 4.69) is 6.58 Å². The fourth-order valence-corrected chi connectivity index (χ4v) is 0.763. The highest BCUT2D eigenvalue weighted by molar-refractivity contribution is 4.94. The summed E-state index contributed by atoms with van der Waals surface area (Å²) >= 11 is 0. The first kappa shape index (κ1) is 8.70. The minimum Gasteiger partial charge on any atom is -0.229 e. The SMILES string of the molecule is C=C(C)CC(C)([O])CC. The third kappa shape index (κ3) is 4.22. The maximum absolute atomic E-state index is 11.2. The Morgan fingerprint density at radius 1 is 1.67 bits per heavy atom. The molecule has 1 nitrogen and oxygen atoms in total. The molecule has 0 saturated heterocycles. The van der Waals surface area contributed by atoms with Crippen LogP contribution in [-0.2, 0) is 5.11 Å². The average Bonchev–Trinajstić information content (AvgIpc) is 1.63. The van der Waals surface area contributed by atoms with Crippen molar-refractivity contribution in [2.24, 2.45) is 0 Å². The Morgan fingerprint density at radius 3 is 2.22 bits per heavy atom. The van der Waals surface area contributed by atoms with Crippen LogP contribution in [0.4, 0.5) is 0 Å². The van der Waals surface area contributed by atoms with E-state index < -0.39 is 5.60 Å². The normalized spacial score (nSPS) is 16.9. The molecule has 1 unspecified atom stereocenters. The zero-order valence-electron chi connectivity index (χ0n) is 6.53. The van der Waals surface area contributed by atoms with Crippen LogP contribution in [0.3, 0.4) is 0 Å². The van der Waals surface area contributed by atoms with Crippen LogP contribution >= 0.6 is 0 Å². The van der Waals surface area contributed by atoms with E-state index in [1.165, 1.54) is 0 Å². The van der Waals surface area contributed by atoms with Crippen molar-refractivity contribution in [3.63, 3.8) is 0 Å². The van der Waals surface area contributed by atoms with Gasteiger partial charge in [-0.25, -0.2) is 5.11 Å². The molecule has 9 heavy (non-hydrogen) atoms. The lowest BCUT2D eigenvalue weighted by Gasteiger charge is -2.17. The van der Waals surface area contributed by atoms with Crippen molar-refractivity contribution in [2.45, 2.75) is 39.2 Å². The molecule has 1 heteroatoms. The Balaban J connectivity index is 3.71. The predicted octanol–water partition coefficient (Wildman–Crippen LogP) is 2.55. The van der Waals surface area contributed by atoms with Crippen LogP contribution in [0, 0.1) is 0 Å². The lowest BCUT2D eigenvalue weighted by Crippen LogP contribution is -2.20. The minimum atomic E-state index is -0.786. The van der Waals surface area contributed by atoms with Gasteiger partial charge >= 0.3 is 0 Å². The Bertz CT molecular complexity index is 103. The van der Waals surface area contributed by atoms with Crippen LogP contribution in [0.1, 0.15) is 33.6 Å². The van der Waals surface area contributed by atoms with E-state index in [1.54, 1.807) is 6.92 Å². The molecule has 0 aliphatic carbocycles. The summed E-state index contributed by atoms with van der Waals surface area (Å²) in [6.45, 7) is 9.22. The van der Waals surface area contributed by atoms with Crippen LogP contribution in [0.5, 0.6) is 0 Å². The highest BCUT2D eigenvalue weighted by Crippen LogP contribution is 2.18. The van der Waals surface area contributed by atoms with Crippen molar-refractivity contribution in [1.29, 1.82) is 0 Å². The van der Waals surface area contributed by atoms with Crippen molar-refractivity contribution in [3.05, 3.63) is 12.2 Å². The molecule has 0 rings (SSSR count). The van der Waals surface area contributed by atoms with Crippen LogP contribution < -0.4 is 0 Å². The summed E-state index contributed by atoms with van der Waals surface area (Å²) in [7, 11) is 0. The lowest BCUT2D eigenvalue weighted by atomic mass is 9.96. The van der Waals surface area contributed by atoms with Gasteiger partial charge in [-0.1, -0.05) is 12.5 Å². The van der Waals surface area contributed by atoms with E-state index in [0.29, 0.717) is 12.8 Å². The Labute approximate surface area is 57.4 Å². The van der Waals surface area contributed by atoms with Crippen molar-refractivity contribution in [2.75, 3.05) is 0 Å². The lowest BCUT2D eigenvalue weighted by molar-refractivity contribution is -0.0155. The van der Waals surface area contributed by atoms with Gasteiger partial charge in [0.15, 0.2) is 0 Å². The molecular weight excluding hydrogens is 112 g/mol. The van der Waals surface area contributed by atoms with Gasteiger partial charge in [-0.15, -0.1) is 6.58 Å². The number of rotatable bonds is 3. The molecule has 0 saturated carbocycles. The minimum absolute atomic E-state index is 0.601. The summed E-state index contributed by atoms with van der Waals surface area (Å²) in [5.41, 5.74) is 0.195. The fourth-order valence-electron chi connectivity index (χ4n) is 0.763. The largest absolute Gasteiger partial charge is 0.229 e. The van der Waals surface area contributed by atoms with Gasteiger partial charge in [-0.2, -0.15) is 0 Å². The number of hydrogen-bond acceptors (Lipinski definition) is 0. The molecule has 0 aromatic carbocycles. The van der Waals surface area contributed by atoms with Gasteiger partial charge in [0.25, 0.3) is 0 Å². The van der Waals surface area contributed by atoms with E-state index in [4.69, 9.17) is 0 Å². The number of hydrogen-bond donors (Lipinski definition) is 0. The molecule has 53 valence electrons. The second kappa shape index (κ2) is 3.02. The highest BCUT2D eigenvalue weighted by atomic mass is 16.3. The summed E-state index contributed by atoms with van der Waals surface area (Å²) in [5, 5.41) is 11.2. The molecule has 0 bridgehead atoms. The predicted molar refractivity (Wildman–Crippen MR) is 38.8 cm³/mol. The van der Waals surface area contributed by atoms with Gasteiger partial charge in [0.2, 0.25) is 0 Å². The topological polar surface area (TPSA) is 19.9 Å². The second-order valence-corrected chi connectivity index (χ2v) is 2.94. The molecule has 1 atom stereocenters. The first-order chi connectivity index (χ1) is 3.98. The third-order valence-corrected chi connectivity index (χ3v) is 1.42. The summed E-state index contributed by atoms with van der Waals surface area (Å²) in [4.78, 5) is 0. The molecule has 0 N–H and O–H groups in total. The summed E-state index contributed by atoms with van der Waals surface area (Å²) in [5.74, 6) is 0. The van der Waals surface area contributed by atoms with E-state index in [-0.39, 0.29) is 0 Å². The van der Waals surface area contributed by atoms with Gasteiger partial charge in [0.05, 0.1) is 0 Å². The zero-order valence-corrected chi connectivity index (χ0v) is 6.53. The van der Waals surface area contributed by atoms with Gasteiger partial charge in [0, 0.05) is 0 Å². The summed E-state index contributed by atoms with van der Waals surface area (Å²) < 4.78 is 0. The van der Waals surface area contributed by atoms with Gasteiger partial charge in [0.1, 0.15) is 5.60 Å². The quantitative estimate of drug-likeness (QED) is 0.519. The van der Waals surface area contributed by atoms with Crippen LogP contribution in [0.15, 0.2) is 12.2 Å². The monoisotopic (exact) mass is 127 g/mol. The van der Waals surface area contributed by atoms with Crippen LogP contribution in [-0.4, -0.2) is 5.60 Å². The molecule has 0 aromatic rings. The maximum Gasteiger partial charge on any atom is 0.104 e. The summed E-state index contributed by atoms with van der Waals surface area (Å²) in [6, 6.07) is 0. The van der Waals surface area contributed by atoms with E-state index in [1.807, 2.05) is 13.8 Å². The first-order valence-corrected chi connectivity index (χ1v) is 3.33. The molecule has 0 spiro atoms. The Morgan fingerprint density at radius 2 is 2.11 bits per heavy atom.